The van der Waals surface area contributed by atoms with Crippen LogP contribution in [0.15, 0.2) is 54.9 Å². The fraction of sp³-hybridized carbons (Fsp3) is 0.150. The second-order valence-corrected chi connectivity index (χ2v) is 6.65. The minimum Gasteiger partial charge on any atom is -0.304 e. The maximum atomic E-state index is 12.6. The van der Waals surface area contributed by atoms with Crippen molar-refractivity contribution in [3.05, 3.63) is 76.8 Å². The Morgan fingerprint density at radius 3 is 2.65 bits per heavy atom. The van der Waals surface area contributed by atoms with Crippen LogP contribution in [0.4, 0.5) is 0 Å². The molecular weight excluding hydrogens is 348 g/mol. The molecule has 0 bridgehead atoms. The van der Waals surface area contributed by atoms with Crippen LogP contribution in [0.2, 0.25) is 5.02 Å². The first-order valence-corrected chi connectivity index (χ1v) is 8.66. The SMILES string of the molecule is Cc1c(-c2ccccc2)nc2cc(CC(=O)c3c(Cl)cnn3C)ccn12. The molecule has 3 aromatic heterocycles. The van der Waals surface area contributed by atoms with Gasteiger partial charge in [0.15, 0.2) is 5.78 Å². The van der Waals surface area contributed by atoms with Gasteiger partial charge >= 0.3 is 0 Å². The Morgan fingerprint density at radius 1 is 1.19 bits per heavy atom. The first-order chi connectivity index (χ1) is 12.5. The third-order valence-corrected chi connectivity index (χ3v) is 4.78. The molecular formula is C20H17ClN4O. The Labute approximate surface area is 155 Å². The Morgan fingerprint density at radius 2 is 1.96 bits per heavy atom. The van der Waals surface area contributed by atoms with Crippen LogP contribution in [0, 0.1) is 6.92 Å². The van der Waals surface area contributed by atoms with Crippen LogP contribution in [0.5, 0.6) is 0 Å². The molecule has 0 N–H and O–H groups in total. The van der Waals surface area contributed by atoms with Gasteiger partial charge < -0.3 is 4.40 Å². The van der Waals surface area contributed by atoms with Crippen molar-refractivity contribution in [1.82, 2.24) is 19.2 Å². The van der Waals surface area contributed by atoms with Crippen molar-refractivity contribution in [2.24, 2.45) is 7.05 Å². The molecule has 0 spiro atoms. The van der Waals surface area contributed by atoms with Crippen LogP contribution in [0.1, 0.15) is 21.7 Å². The van der Waals surface area contributed by atoms with Crippen molar-refractivity contribution in [2.45, 2.75) is 13.3 Å². The summed E-state index contributed by atoms with van der Waals surface area (Å²) in [4.78, 5) is 17.3. The van der Waals surface area contributed by atoms with Gasteiger partial charge in [-0.2, -0.15) is 5.10 Å². The van der Waals surface area contributed by atoms with Gasteiger partial charge in [-0.15, -0.1) is 0 Å². The highest BCUT2D eigenvalue weighted by Crippen LogP contribution is 2.24. The van der Waals surface area contributed by atoms with Crippen molar-refractivity contribution in [3.63, 3.8) is 0 Å². The molecule has 1 aromatic carbocycles. The van der Waals surface area contributed by atoms with Crippen molar-refractivity contribution in [1.29, 1.82) is 0 Å². The lowest BCUT2D eigenvalue weighted by Gasteiger charge is -2.04. The van der Waals surface area contributed by atoms with Crippen molar-refractivity contribution < 1.29 is 4.79 Å². The third-order valence-electron chi connectivity index (χ3n) is 4.50. The number of hydrogen-bond donors (Lipinski definition) is 0. The van der Waals surface area contributed by atoms with Gasteiger partial charge in [0.05, 0.1) is 16.9 Å². The fourth-order valence-electron chi connectivity index (χ4n) is 3.18. The minimum atomic E-state index is -0.0640. The van der Waals surface area contributed by atoms with E-state index in [4.69, 9.17) is 16.6 Å². The van der Waals surface area contributed by atoms with Crippen LogP contribution in [0.3, 0.4) is 0 Å². The number of aryl methyl sites for hydroxylation is 2. The van der Waals surface area contributed by atoms with E-state index in [9.17, 15) is 4.79 Å². The molecule has 0 atom stereocenters. The van der Waals surface area contributed by atoms with Gasteiger partial charge in [0, 0.05) is 30.9 Å². The van der Waals surface area contributed by atoms with Gasteiger partial charge in [-0.3, -0.25) is 9.48 Å². The molecule has 0 aliphatic heterocycles. The van der Waals surface area contributed by atoms with Crippen molar-refractivity contribution in [3.8, 4) is 11.3 Å². The summed E-state index contributed by atoms with van der Waals surface area (Å²) in [5.41, 5.74) is 5.23. The van der Waals surface area contributed by atoms with Crippen LogP contribution in [0.25, 0.3) is 16.9 Å². The van der Waals surface area contributed by atoms with Crippen LogP contribution in [-0.2, 0) is 13.5 Å². The molecule has 130 valence electrons. The van der Waals surface area contributed by atoms with E-state index in [0.717, 1.165) is 28.2 Å². The van der Waals surface area contributed by atoms with E-state index < -0.39 is 0 Å². The van der Waals surface area contributed by atoms with E-state index in [0.29, 0.717) is 10.7 Å². The molecule has 0 saturated carbocycles. The van der Waals surface area contributed by atoms with Gasteiger partial charge in [-0.05, 0) is 24.6 Å². The number of ketones is 1. The summed E-state index contributed by atoms with van der Waals surface area (Å²) < 4.78 is 3.55. The zero-order chi connectivity index (χ0) is 18.3. The second-order valence-electron chi connectivity index (χ2n) is 6.24. The number of carbonyl (C=O) groups excluding carboxylic acids is 1. The van der Waals surface area contributed by atoms with E-state index in [2.05, 4.69) is 5.10 Å². The number of benzene rings is 1. The summed E-state index contributed by atoms with van der Waals surface area (Å²) in [5, 5.41) is 4.40. The van der Waals surface area contributed by atoms with E-state index in [-0.39, 0.29) is 12.2 Å². The normalized spacial score (nSPS) is 11.2. The highest BCUT2D eigenvalue weighted by atomic mass is 35.5. The quantitative estimate of drug-likeness (QED) is 0.512. The van der Waals surface area contributed by atoms with Gasteiger partial charge in [0.2, 0.25) is 0 Å². The van der Waals surface area contributed by atoms with Gasteiger partial charge in [-0.1, -0.05) is 41.9 Å². The summed E-state index contributed by atoms with van der Waals surface area (Å²) in [5.74, 6) is -0.0640. The van der Waals surface area contributed by atoms with E-state index in [1.54, 1.807) is 7.05 Å². The average Bonchev–Trinajstić information content (AvgIpc) is 3.15. The van der Waals surface area contributed by atoms with Crippen LogP contribution < -0.4 is 0 Å². The number of hydrogen-bond acceptors (Lipinski definition) is 3. The molecule has 0 unspecified atom stereocenters. The smallest absolute Gasteiger partial charge is 0.186 e. The number of imidazole rings is 1. The highest BCUT2D eigenvalue weighted by Gasteiger charge is 2.17. The molecule has 5 nitrogen and oxygen atoms in total. The Kier molecular flexibility index (Phi) is 4.09. The molecule has 0 saturated heterocycles. The first-order valence-electron chi connectivity index (χ1n) is 8.28. The number of rotatable bonds is 4. The lowest BCUT2D eigenvalue weighted by atomic mass is 10.1. The maximum absolute atomic E-state index is 12.6. The summed E-state index contributed by atoms with van der Waals surface area (Å²) in [6, 6.07) is 14.0. The number of aromatic nitrogens is 4. The summed E-state index contributed by atoms with van der Waals surface area (Å²) in [6.07, 6.45) is 3.70. The second kappa shape index (κ2) is 6.42. The van der Waals surface area contributed by atoms with Crippen LogP contribution >= 0.6 is 11.6 Å². The molecule has 0 radical (unpaired) electrons. The molecule has 3 heterocycles. The molecule has 26 heavy (non-hydrogen) atoms. The lowest BCUT2D eigenvalue weighted by molar-refractivity contribution is 0.0984. The number of fused-ring (bicyclic) bond motifs is 1. The topological polar surface area (TPSA) is 52.2 Å². The zero-order valence-electron chi connectivity index (χ0n) is 14.5. The molecule has 0 amide bonds. The molecule has 0 aliphatic rings. The first kappa shape index (κ1) is 16.5. The Hall–Kier alpha value is -2.92. The number of carbonyl (C=O) groups is 1. The van der Waals surface area contributed by atoms with Gasteiger partial charge in [-0.25, -0.2) is 4.98 Å². The summed E-state index contributed by atoms with van der Waals surface area (Å²) in [7, 11) is 1.71. The third kappa shape index (κ3) is 2.80. The maximum Gasteiger partial charge on any atom is 0.186 e. The van der Waals surface area contributed by atoms with E-state index >= 15 is 0 Å². The van der Waals surface area contributed by atoms with E-state index in [1.165, 1.54) is 10.9 Å². The van der Waals surface area contributed by atoms with Gasteiger partial charge in [0.1, 0.15) is 11.3 Å². The molecule has 0 aliphatic carbocycles. The molecule has 4 aromatic rings. The zero-order valence-corrected chi connectivity index (χ0v) is 15.2. The Bertz CT molecular complexity index is 1090. The number of nitrogens with zero attached hydrogens (tertiary/aromatic N) is 4. The van der Waals surface area contributed by atoms with Crippen molar-refractivity contribution in [2.75, 3.05) is 0 Å². The van der Waals surface area contributed by atoms with Gasteiger partial charge in [0.25, 0.3) is 0 Å². The fourth-order valence-corrected chi connectivity index (χ4v) is 3.45. The predicted molar refractivity (Wildman–Crippen MR) is 102 cm³/mol. The summed E-state index contributed by atoms with van der Waals surface area (Å²) >= 11 is 6.07. The Balaban J connectivity index is 1.69. The molecule has 6 heteroatoms. The van der Waals surface area contributed by atoms with Crippen molar-refractivity contribution >= 4 is 23.0 Å². The molecule has 0 fully saturated rings. The number of halogens is 1. The lowest BCUT2D eigenvalue weighted by Crippen LogP contribution is -2.10. The van der Waals surface area contributed by atoms with Crippen LogP contribution in [-0.4, -0.2) is 24.9 Å². The summed E-state index contributed by atoms with van der Waals surface area (Å²) in [6.45, 7) is 2.04. The number of pyridine rings is 1. The largest absolute Gasteiger partial charge is 0.304 e. The highest BCUT2D eigenvalue weighted by molar-refractivity contribution is 6.33. The predicted octanol–water partition coefficient (Wildman–Crippen LogP) is 4.12. The standard InChI is InChI=1S/C20H17ClN4O/c1-13-19(15-6-4-3-5-7-15)23-18-11-14(8-9-25(13)18)10-17(26)20-16(21)12-22-24(20)2/h3-9,11-12H,10H2,1-2H3. The number of Topliss-reactive ketones (excluding diaryl/α,β-unsaturated/α-hetero) is 1. The van der Waals surface area contributed by atoms with E-state index in [1.807, 2.05) is 60.0 Å². The minimum absolute atomic E-state index is 0.0640. The molecule has 4 rings (SSSR count). The monoisotopic (exact) mass is 364 g/mol. The average molecular weight is 365 g/mol.